The van der Waals surface area contributed by atoms with Gasteiger partial charge in [0.05, 0.1) is 10.6 Å². The normalized spacial score (nSPS) is 15.1. The molecule has 3 aromatic rings. The first-order valence-electron chi connectivity index (χ1n) is 11.0. The number of nitrogens with one attached hydrogen (secondary N) is 1. The van der Waals surface area contributed by atoms with Crippen molar-refractivity contribution in [1.29, 1.82) is 0 Å². The summed E-state index contributed by atoms with van der Waals surface area (Å²) in [5.41, 5.74) is 2.71. The molecule has 5 nitrogen and oxygen atoms in total. The van der Waals surface area contributed by atoms with Crippen LogP contribution in [0.3, 0.4) is 0 Å². The molecule has 4 rings (SSSR count). The van der Waals surface area contributed by atoms with E-state index in [1.165, 1.54) is 6.42 Å². The molecule has 0 atom stereocenters. The van der Waals surface area contributed by atoms with Gasteiger partial charge in [-0.15, -0.1) is 0 Å². The minimum absolute atomic E-state index is 0.0443. The number of sulfonamides is 1. The van der Waals surface area contributed by atoms with Crippen LogP contribution in [0.4, 0.5) is 5.69 Å². The molecule has 0 unspecified atom stereocenters. The highest BCUT2D eigenvalue weighted by Crippen LogP contribution is 2.22. The molecule has 0 heterocycles. The van der Waals surface area contributed by atoms with Crippen LogP contribution in [0, 0.1) is 0 Å². The molecule has 3 aromatic carbocycles. The summed E-state index contributed by atoms with van der Waals surface area (Å²) >= 11 is 0. The summed E-state index contributed by atoms with van der Waals surface area (Å²) in [6.45, 7) is 0.506. The van der Waals surface area contributed by atoms with Crippen molar-refractivity contribution in [3.63, 3.8) is 0 Å². The highest BCUT2D eigenvalue weighted by atomic mass is 32.2. The first kappa shape index (κ1) is 22.2. The fourth-order valence-corrected chi connectivity index (χ4v) is 5.10. The van der Waals surface area contributed by atoms with Crippen LogP contribution in [0.25, 0.3) is 0 Å². The van der Waals surface area contributed by atoms with E-state index in [1.807, 2.05) is 54.6 Å². The Bertz CT molecular complexity index is 1140. The predicted octanol–water partition coefficient (Wildman–Crippen LogP) is 5.63. The van der Waals surface area contributed by atoms with Gasteiger partial charge in [0.1, 0.15) is 12.4 Å². The van der Waals surface area contributed by atoms with Crippen LogP contribution in [-0.2, 0) is 16.6 Å². The Morgan fingerprint density at radius 3 is 2.41 bits per heavy atom. The Balaban J connectivity index is 1.37. The molecule has 0 saturated heterocycles. The van der Waals surface area contributed by atoms with Crippen molar-refractivity contribution in [1.82, 2.24) is 4.72 Å². The minimum atomic E-state index is -3.50. The zero-order valence-corrected chi connectivity index (χ0v) is 18.8. The highest BCUT2D eigenvalue weighted by molar-refractivity contribution is 7.89. The monoisotopic (exact) mass is 448 g/mol. The molecule has 0 amide bonds. The second-order valence-corrected chi connectivity index (χ2v) is 9.77. The molecule has 0 radical (unpaired) electrons. The van der Waals surface area contributed by atoms with E-state index in [1.54, 1.807) is 30.5 Å². The van der Waals surface area contributed by atoms with Gasteiger partial charge >= 0.3 is 0 Å². The van der Waals surface area contributed by atoms with Gasteiger partial charge in [0.15, 0.2) is 0 Å². The molecule has 0 aliphatic heterocycles. The predicted molar refractivity (Wildman–Crippen MR) is 128 cm³/mol. The van der Waals surface area contributed by atoms with Crippen molar-refractivity contribution in [2.45, 2.75) is 49.6 Å². The topological polar surface area (TPSA) is 67.8 Å². The van der Waals surface area contributed by atoms with E-state index >= 15 is 0 Å². The summed E-state index contributed by atoms with van der Waals surface area (Å²) < 4.78 is 34.0. The molecular weight excluding hydrogens is 420 g/mol. The first-order valence-corrected chi connectivity index (χ1v) is 12.5. The zero-order valence-electron chi connectivity index (χ0n) is 18.0. The maximum atomic E-state index is 12.6. The first-order chi connectivity index (χ1) is 15.6. The largest absolute Gasteiger partial charge is 0.489 e. The maximum Gasteiger partial charge on any atom is 0.240 e. The molecule has 166 valence electrons. The Kier molecular flexibility index (Phi) is 7.35. The molecule has 0 spiro atoms. The van der Waals surface area contributed by atoms with Crippen LogP contribution >= 0.6 is 0 Å². The van der Waals surface area contributed by atoms with Gasteiger partial charge in [-0.3, -0.25) is 4.99 Å². The van der Waals surface area contributed by atoms with Crippen molar-refractivity contribution < 1.29 is 13.2 Å². The lowest BCUT2D eigenvalue weighted by Gasteiger charge is -2.22. The van der Waals surface area contributed by atoms with Crippen LogP contribution < -0.4 is 9.46 Å². The molecule has 0 bridgehead atoms. The van der Waals surface area contributed by atoms with E-state index in [0.717, 1.165) is 42.6 Å². The average molecular weight is 449 g/mol. The summed E-state index contributed by atoms with van der Waals surface area (Å²) in [5.74, 6) is 0.771. The van der Waals surface area contributed by atoms with Gasteiger partial charge in [-0.2, -0.15) is 0 Å². The van der Waals surface area contributed by atoms with Crippen LogP contribution in [0.5, 0.6) is 5.75 Å². The standard InChI is InChI=1S/C26H28N2O3S/c29-32(30,28-24-11-5-2-6-12-24)26-16-14-23(15-17-26)27-19-22-10-7-13-25(18-22)31-20-21-8-3-1-4-9-21/h1,3-4,7-10,13-19,24,28H,2,5-6,11-12,20H2. The number of nitrogens with zero attached hydrogens (tertiary/aromatic N) is 1. The second kappa shape index (κ2) is 10.6. The van der Waals surface area contributed by atoms with Crippen molar-refractivity contribution in [3.05, 3.63) is 90.0 Å². The summed E-state index contributed by atoms with van der Waals surface area (Å²) in [4.78, 5) is 4.76. The van der Waals surface area contributed by atoms with Gasteiger partial charge in [0.2, 0.25) is 10.0 Å². The zero-order chi connectivity index (χ0) is 22.2. The van der Waals surface area contributed by atoms with Gasteiger partial charge in [-0.1, -0.05) is 61.7 Å². The number of hydrogen-bond donors (Lipinski definition) is 1. The molecular formula is C26H28N2O3S. The van der Waals surface area contributed by atoms with Crippen molar-refractivity contribution in [2.75, 3.05) is 0 Å². The lowest BCUT2D eigenvalue weighted by molar-refractivity contribution is 0.306. The third kappa shape index (κ3) is 6.28. The smallest absolute Gasteiger partial charge is 0.240 e. The molecule has 6 heteroatoms. The molecule has 1 saturated carbocycles. The lowest BCUT2D eigenvalue weighted by Crippen LogP contribution is -2.36. The molecule has 1 N–H and O–H groups in total. The number of hydrogen-bond acceptors (Lipinski definition) is 4. The SMILES string of the molecule is O=S(=O)(NC1CCCCC1)c1ccc(N=Cc2cccc(OCc3ccccc3)c2)cc1. The van der Waals surface area contributed by atoms with Crippen molar-refractivity contribution in [3.8, 4) is 5.75 Å². The maximum absolute atomic E-state index is 12.6. The number of rotatable bonds is 8. The second-order valence-electron chi connectivity index (χ2n) is 8.06. The fourth-order valence-electron chi connectivity index (χ4n) is 3.79. The van der Waals surface area contributed by atoms with Crippen molar-refractivity contribution >= 4 is 21.9 Å². The van der Waals surface area contributed by atoms with E-state index in [-0.39, 0.29) is 10.9 Å². The third-order valence-electron chi connectivity index (χ3n) is 5.54. The van der Waals surface area contributed by atoms with Crippen molar-refractivity contribution in [2.24, 2.45) is 4.99 Å². The van der Waals surface area contributed by atoms with Crippen LogP contribution in [0.1, 0.15) is 43.2 Å². The lowest BCUT2D eigenvalue weighted by atomic mass is 9.96. The minimum Gasteiger partial charge on any atom is -0.489 e. The van der Waals surface area contributed by atoms with Gasteiger partial charge in [0.25, 0.3) is 0 Å². The summed E-state index contributed by atoms with van der Waals surface area (Å²) in [6, 6.07) is 24.4. The van der Waals surface area contributed by atoms with E-state index in [4.69, 9.17) is 4.74 Å². The number of ether oxygens (including phenoxy) is 1. The molecule has 32 heavy (non-hydrogen) atoms. The molecule has 1 aliphatic rings. The van der Waals surface area contributed by atoms with Crippen LogP contribution in [0.2, 0.25) is 0 Å². The van der Waals surface area contributed by atoms with E-state index in [0.29, 0.717) is 12.3 Å². The van der Waals surface area contributed by atoms with E-state index in [9.17, 15) is 8.42 Å². The van der Waals surface area contributed by atoms with Gasteiger partial charge < -0.3 is 4.74 Å². The van der Waals surface area contributed by atoms with Crippen LogP contribution in [0.15, 0.2) is 88.8 Å². The molecule has 1 fully saturated rings. The van der Waals surface area contributed by atoms with Gasteiger partial charge in [-0.25, -0.2) is 13.1 Å². The average Bonchev–Trinajstić information content (AvgIpc) is 2.83. The quantitative estimate of drug-likeness (QED) is 0.454. The fraction of sp³-hybridized carbons (Fsp3) is 0.269. The third-order valence-corrected chi connectivity index (χ3v) is 7.08. The van der Waals surface area contributed by atoms with E-state index < -0.39 is 10.0 Å². The Hall–Kier alpha value is -2.96. The Labute approximate surface area is 190 Å². The van der Waals surface area contributed by atoms with E-state index in [2.05, 4.69) is 9.71 Å². The number of aliphatic imine (C=N–C) groups is 1. The highest BCUT2D eigenvalue weighted by Gasteiger charge is 2.21. The number of benzene rings is 3. The van der Waals surface area contributed by atoms with Crippen LogP contribution in [-0.4, -0.2) is 20.7 Å². The molecule has 0 aromatic heterocycles. The van der Waals surface area contributed by atoms with Gasteiger partial charge in [-0.05, 0) is 60.4 Å². The Morgan fingerprint density at radius 1 is 0.906 bits per heavy atom. The Morgan fingerprint density at radius 2 is 1.66 bits per heavy atom. The summed E-state index contributed by atoms with van der Waals surface area (Å²) in [5, 5.41) is 0. The summed E-state index contributed by atoms with van der Waals surface area (Å²) in [6.07, 6.45) is 6.93. The van der Waals surface area contributed by atoms with Gasteiger partial charge in [0, 0.05) is 12.3 Å². The molecule has 1 aliphatic carbocycles. The summed E-state index contributed by atoms with van der Waals surface area (Å²) in [7, 11) is -3.50.